The molecule has 0 radical (unpaired) electrons. The van der Waals surface area contributed by atoms with Gasteiger partial charge in [-0.05, 0) is 24.1 Å². The van der Waals surface area contributed by atoms with E-state index in [0.29, 0.717) is 6.54 Å². The highest BCUT2D eigenvalue weighted by Crippen LogP contribution is 2.07. The van der Waals surface area contributed by atoms with Gasteiger partial charge in [-0.2, -0.15) is 0 Å². The molecule has 2 rings (SSSR count). The van der Waals surface area contributed by atoms with Gasteiger partial charge in [0, 0.05) is 18.5 Å². The molecule has 0 spiro atoms. The van der Waals surface area contributed by atoms with E-state index >= 15 is 0 Å². The molecule has 0 aromatic carbocycles. The number of aromatic amines is 1. The SMILES string of the molecule is Cc1ccncc1Cn1c(N)cc(=O)[nH]c1=O. The molecule has 0 amide bonds. The minimum Gasteiger partial charge on any atom is -0.385 e. The van der Waals surface area contributed by atoms with Crippen molar-refractivity contribution >= 4 is 5.82 Å². The van der Waals surface area contributed by atoms with Crippen LogP contribution in [-0.4, -0.2) is 14.5 Å². The van der Waals surface area contributed by atoms with Gasteiger partial charge in [-0.15, -0.1) is 0 Å². The summed E-state index contributed by atoms with van der Waals surface area (Å²) in [7, 11) is 0. The zero-order valence-electron chi connectivity index (χ0n) is 9.30. The van der Waals surface area contributed by atoms with Crippen molar-refractivity contribution < 1.29 is 0 Å². The first-order valence-corrected chi connectivity index (χ1v) is 5.07. The van der Waals surface area contributed by atoms with Crippen molar-refractivity contribution in [1.29, 1.82) is 0 Å². The Morgan fingerprint density at radius 2 is 2.24 bits per heavy atom. The van der Waals surface area contributed by atoms with Crippen molar-refractivity contribution in [1.82, 2.24) is 14.5 Å². The molecule has 0 atom stereocenters. The summed E-state index contributed by atoms with van der Waals surface area (Å²) in [5, 5.41) is 0. The number of nitrogens with zero attached hydrogens (tertiary/aromatic N) is 2. The molecule has 3 N–H and O–H groups in total. The fourth-order valence-electron chi connectivity index (χ4n) is 1.53. The summed E-state index contributed by atoms with van der Waals surface area (Å²) in [4.78, 5) is 28.8. The number of anilines is 1. The summed E-state index contributed by atoms with van der Waals surface area (Å²) in [5.74, 6) is 0.141. The predicted molar refractivity (Wildman–Crippen MR) is 63.8 cm³/mol. The monoisotopic (exact) mass is 232 g/mol. The second-order valence-corrected chi connectivity index (χ2v) is 3.75. The van der Waals surface area contributed by atoms with E-state index in [1.54, 1.807) is 12.4 Å². The first kappa shape index (κ1) is 11.1. The van der Waals surface area contributed by atoms with Gasteiger partial charge in [0.1, 0.15) is 5.82 Å². The van der Waals surface area contributed by atoms with E-state index in [1.165, 1.54) is 10.6 Å². The van der Waals surface area contributed by atoms with Gasteiger partial charge in [0.2, 0.25) is 0 Å². The van der Waals surface area contributed by atoms with Crippen LogP contribution < -0.4 is 17.0 Å². The molecular weight excluding hydrogens is 220 g/mol. The molecule has 2 heterocycles. The first-order valence-electron chi connectivity index (χ1n) is 5.07. The van der Waals surface area contributed by atoms with E-state index in [0.717, 1.165) is 11.1 Å². The first-order chi connectivity index (χ1) is 8.08. The molecule has 2 aromatic heterocycles. The molecule has 2 aromatic rings. The third kappa shape index (κ3) is 2.25. The number of H-pyrrole nitrogens is 1. The van der Waals surface area contributed by atoms with Gasteiger partial charge >= 0.3 is 5.69 Å². The molecule has 0 aliphatic heterocycles. The number of nitrogens with two attached hydrogens (primary N) is 1. The Hall–Kier alpha value is -2.37. The van der Waals surface area contributed by atoms with Crippen LogP contribution in [0.5, 0.6) is 0 Å². The van der Waals surface area contributed by atoms with Crippen LogP contribution in [0.3, 0.4) is 0 Å². The minimum atomic E-state index is -0.516. The largest absolute Gasteiger partial charge is 0.385 e. The molecule has 0 saturated heterocycles. The maximum Gasteiger partial charge on any atom is 0.330 e. The Morgan fingerprint density at radius 1 is 1.47 bits per heavy atom. The van der Waals surface area contributed by atoms with Crippen molar-refractivity contribution in [3.05, 3.63) is 56.5 Å². The highest BCUT2D eigenvalue weighted by atomic mass is 16.2. The summed E-state index contributed by atoms with van der Waals surface area (Å²) in [6.45, 7) is 2.21. The average molecular weight is 232 g/mol. The third-order valence-electron chi connectivity index (χ3n) is 2.54. The smallest absolute Gasteiger partial charge is 0.330 e. The molecular formula is C11H12N4O2. The fourth-order valence-corrected chi connectivity index (χ4v) is 1.53. The summed E-state index contributed by atoms with van der Waals surface area (Å²) in [6.07, 6.45) is 3.35. The van der Waals surface area contributed by atoms with E-state index in [4.69, 9.17) is 5.73 Å². The van der Waals surface area contributed by atoms with Crippen LogP contribution in [0, 0.1) is 6.92 Å². The number of rotatable bonds is 2. The number of aryl methyl sites for hydroxylation is 1. The predicted octanol–water partition coefficient (Wildman–Crippen LogP) is -0.129. The lowest BCUT2D eigenvalue weighted by atomic mass is 10.1. The quantitative estimate of drug-likeness (QED) is 0.754. The van der Waals surface area contributed by atoms with Crippen LogP contribution in [0.1, 0.15) is 11.1 Å². The Morgan fingerprint density at radius 3 is 2.88 bits per heavy atom. The van der Waals surface area contributed by atoms with E-state index in [-0.39, 0.29) is 5.82 Å². The normalized spacial score (nSPS) is 10.4. The van der Waals surface area contributed by atoms with Gasteiger partial charge in [0.15, 0.2) is 0 Å². The molecule has 0 unspecified atom stereocenters. The van der Waals surface area contributed by atoms with Crippen LogP contribution in [0.15, 0.2) is 34.1 Å². The van der Waals surface area contributed by atoms with Gasteiger partial charge in [0.05, 0.1) is 6.54 Å². The Labute approximate surface area is 96.8 Å². The van der Waals surface area contributed by atoms with E-state index in [2.05, 4.69) is 9.97 Å². The lowest BCUT2D eigenvalue weighted by Crippen LogP contribution is -2.31. The van der Waals surface area contributed by atoms with Crippen molar-refractivity contribution in [2.24, 2.45) is 0 Å². The number of hydrogen-bond donors (Lipinski definition) is 2. The topological polar surface area (TPSA) is 93.8 Å². The molecule has 0 fully saturated rings. The zero-order chi connectivity index (χ0) is 12.4. The van der Waals surface area contributed by atoms with Crippen molar-refractivity contribution in [2.45, 2.75) is 13.5 Å². The second-order valence-electron chi connectivity index (χ2n) is 3.75. The van der Waals surface area contributed by atoms with Gasteiger partial charge in [-0.3, -0.25) is 19.3 Å². The highest BCUT2D eigenvalue weighted by Gasteiger charge is 2.05. The second kappa shape index (κ2) is 4.25. The standard InChI is InChI=1S/C11H12N4O2/c1-7-2-3-13-5-8(7)6-15-9(12)4-10(16)14-11(15)17/h2-5H,6,12H2,1H3,(H,14,16,17). The Bertz CT molecular complexity index is 657. The van der Waals surface area contributed by atoms with E-state index < -0.39 is 11.2 Å². The van der Waals surface area contributed by atoms with E-state index in [9.17, 15) is 9.59 Å². The summed E-state index contributed by atoms with van der Waals surface area (Å²) in [6, 6.07) is 3.04. The summed E-state index contributed by atoms with van der Waals surface area (Å²) < 4.78 is 1.30. The molecule has 0 bridgehead atoms. The molecule has 88 valence electrons. The molecule has 17 heavy (non-hydrogen) atoms. The molecule has 0 saturated carbocycles. The number of nitrogens with one attached hydrogen (secondary N) is 1. The van der Waals surface area contributed by atoms with Crippen LogP contribution in [0.2, 0.25) is 0 Å². The molecule has 6 nitrogen and oxygen atoms in total. The van der Waals surface area contributed by atoms with Crippen LogP contribution >= 0.6 is 0 Å². The van der Waals surface area contributed by atoms with Crippen LogP contribution in [-0.2, 0) is 6.54 Å². The van der Waals surface area contributed by atoms with Crippen LogP contribution in [0.4, 0.5) is 5.82 Å². The van der Waals surface area contributed by atoms with Gasteiger partial charge < -0.3 is 5.73 Å². The number of aromatic nitrogens is 3. The summed E-state index contributed by atoms with van der Waals surface area (Å²) in [5.41, 5.74) is 6.53. The molecule has 6 heteroatoms. The Balaban J connectivity index is 2.48. The molecule has 0 aliphatic carbocycles. The number of hydrogen-bond acceptors (Lipinski definition) is 4. The average Bonchev–Trinajstić information content (AvgIpc) is 2.25. The Kier molecular flexibility index (Phi) is 2.78. The summed E-state index contributed by atoms with van der Waals surface area (Å²) >= 11 is 0. The number of pyridine rings is 1. The fraction of sp³-hybridized carbons (Fsp3) is 0.182. The van der Waals surface area contributed by atoms with Crippen LogP contribution in [0.25, 0.3) is 0 Å². The van der Waals surface area contributed by atoms with Crippen molar-refractivity contribution in [3.8, 4) is 0 Å². The highest BCUT2D eigenvalue weighted by molar-refractivity contribution is 5.29. The van der Waals surface area contributed by atoms with Gasteiger partial charge in [-0.1, -0.05) is 0 Å². The number of nitrogen functional groups attached to an aromatic ring is 1. The lowest BCUT2D eigenvalue weighted by Gasteiger charge is -2.09. The van der Waals surface area contributed by atoms with Crippen molar-refractivity contribution in [3.63, 3.8) is 0 Å². The zero-order valence-corrected chi connectivity index (χ0v) is 9.30. The maximum absolute atomic E-state index is 11.6. The third-order valence-corrected chi connectivity index (χ3v) is 2.54. The van der Waals surface area contributed by atoms with E-state index in [1.807, 2.05) is 13.0 Å². The molecule has 0 aliphatic rings. The maximum atomic E-state index is 11.6. The van der Waals surface area contributed by atoms with Gasteiger partial charge in [-0.25, -0.2) is 4.79 Å². The van der Waals surface area contributed by atoms with Crippen molar-refractivity contribution in [2.75, 3.05) is 5.73 Å². The lowest BCUT2D eigenvalue weighted by molar-refractivity contribution is 0.727. The van der Waals surface area contributed by atoms with Gasteiger partial charge in [0.25, 0.3) is 5.56 Å². The minimum absolute atomic E-state index is 0.141.